The van der Waals surface area contributed by atoms with Crippen LogP contribution in [0.3, 0.4) is 0 Å². The summed E-state index contributed by atoms with van der Waals surface area (Å²) >= 11 is 0. The van der Waals surface area contributed by atoms with E-state index in [1.54, 1.807) is 0 Å². The third-order valence-electron chi connectivity index (χ3n) is 5.30. The lowest BCUT2D eigenvalue weighted by atomic mass is 9.85. The minimum absolute atomic E-state index is 0.169. The van der Waals surface area contributed by atoms with Gasteiger partial charge >= 0.3 is 6.09 Å². The molecule has 1 aromatic rings. The number of alkyl carbamates (subject to hydrolysis) is 1. The predicted molar refractivity (Wildman–Crippen MR) is 96.2 cm³/mol. The lowest BCUT2D eigenvalue weighted by Crippen LogP contribution is -2.54. The van der Waals surface area contributed by atoms with E-state index in [9.17, 15) is 9.59 Å². The number of carbonyl (C=O) groups is 2. The molecule has 136 valence electrons. The molecule has 1 atom stereocenters. The van der Waals surface area contributed by atoms with Gasteiger partial charge < -0.3 is 15.0 Å². The summed E-state index contributed by atoms with van der Waals surface area (Å²) in [6.45, 7) is 8.72. The zero-order chi connectivity index (χ0) is 18.3. The molecule has 1 unspecified atom stereocenters. The molecule has 1 N–H and O–H groups in total. The van der Waals surface area contributed by atoms with E-state index in [0.29, 0.717) is 13.1 Å². The summed E-state index contributed by atoms with van der Waals surface area (Å²) < 4.78 is 5.41. The Morgan fingerprint density at radius 1 is 1.24 bits per heavy atom. The summed E-state index contributed by atoms with van der Waals surface area (Å²) in [6, 6.07) is 10.2. The summed E-state index contributed by atoms with van der Waals surface area (Å²) in [4.78, 5) is 27.1. The molecule has 1 aliphatic carbocycles. The normalized spacial score (nSPS) is 24.5. The molecule has 0 bridgehead atoms. The lowest BCUT2D eigenvalue weighted by molar-refractivity contribution is -0.132. The second-order valence-electron chi connectivity index (χ2n) is 8.50. The van der Waals surface area contributed by atoms with Crippen LogP contribution in [0, 0.1) is 5.41 Å². The molecular formula is C20H28N2O3. The van der Waals surface area contributed by atoms with Crippen LogP contribution in [0.5, 0.6) is 0 Å². The van der Waals surface area contributed by atoms with Crippen molar-refractivity contribution in [2.75, 3.05) is 13.1 Å². The fourth-order valence-corrected chi connectivity index (χ4v) is 3.81. The Bertz CT molecular complexity index is 661. The van der Waals surface area contributed by atoms with Crippen LogP contribution in [0.4, 0.5) is 4.79 Å². The van der Waals surface area contributed by atoms with Gasteiger partial charge in [-0.15, -0.1) is 0 Å². The van der Waals surface area contributed by atoms with E-state index in [0.717, 1.165) is 19.3 Å². The van der Waals surface area contributed by atoms with E-state index < -0.39 is 22.6 Å². The number of amides is 2. The highest BCUT2D eigenvalue weighted by Gasteiger charge is 2.68. The standard InChI is InChI=1S/C20H28N2O3/c1-18(2,3)25-17(24)21-19(4)14-22(16(23)20(19)11-12-20)13-10-15-8-6-5-7-9-15/h5-9H,10-14H2,1-4H3,(H,21,24). The van der Waals surface area contributed by atoms with Gasteiger partial charge in [-0.1, -0.05) is 30.3 Å². The van der Waals surface area contributed by atoms with E-state index in [1.807, 2.05) is 50.8 Å². The van der Waals surface area contributed by atoms with Crippen molar-refractivity contribution in [2.24, 2.45) is 5.41 Å². The number of hydrogen-bond acceptors (Lipinski definition) is 3. The summed E-state index contributed by atoms with van der Waals surface area (Å²) in [5.41, 5.74) is -0.343. The van der Waals surface area contributed by atoms with Crippen molar-refractivity contribution in [3.63, 3.8) is 0 Å². The maximum Gasteiger partial charge on any atom is 0.408 e. The first kappa shape index (κ1) is 17.8. The molecule has 2 aliphatic rings. The Balaban J connectivity index is 1.67. The van der Waals surface area contributed by atoms with Crippen LogP contribution in [0.15, 0.2) is 30.3 Å². The van der Waals surface area contributed by atoms with Crippen molar-refractivity contribution in [1.29, 1.82) is 0 Å². The molecule has 1 aliphatic heterocycles. The maximum absolute atomic E-state index is 12.9. The average Bonchev–Trinajstić information content (AvgIpc) is 3.28. The first-order valence-corrected chi connectivity index (χ1v) is 9.00. The second-order valence-corrected chi connectivity index (χ2v) is 8.50. The van der Waals surface area contributed by atoms with Crippen molar-refractivity contribution in [3.05, 3.63) is 35.9 Å². The van der Waals surface area contributed by atoms with Crippen molar-refractivity contribution in [3.8, 4) is 0 Å². The number of nitrogens with one attached hydrogen (secondary N) is 1. The van der Waals surface area contributed by atoms with Crippen molar-refractivity contribution < 1.29 is 14.3 Å². The predicted octanol–water partition coefficient (Wildman–Crippen LogP) is 3.13. The van der Waals surface area contributed by atoms with Crippen LogP contribution in [0.25, 0.3) is 0 Å². The van der Waals surface area contributed by atoms with Crippen LogP contribution in [0.1, 0.15) is 46.1 Å². The third kappa shape index (κ3) is 3.51. The number of nitrogens with zero attached hydrogens (tertiary/aromatic N) is 1. The van der Waals surface area contributed by atoms with Gasteiger partial charge in [0, 0.05) is 13.1 Å². The number of hydrogen-bond donors (Lipinski definition) is 1. The van der Waals surface area contributed by atoms with Gasteiger partial charge in [0.1, 0.15) is 5.60 Å². The van der Waals surface area contributed by atoms with Gasteiger partial charge in [-0.2, -0.15) is 0 Å². The van der Waals surface area contributed by atoms with E-state index in [4.69, 9.17) is 4.74 Å². The van der Waals surface area contributed by atoms with Gasteiger partial charge in [0.05, 0.1) is 11.0 Å². The van der Waals surface area contributed by atoms with E-state index in [-0.39, 0.29) is 5.91 Å². The maximum atomic E-state index is 12.9. The van der Waals surface area contributed by atoms with Crippen LogP contribution in [-0.4, -0.2) is 41.1 Å². The molecule has 1 spiro atoms. The first-order chi connectivity index (χ1) is 11.7. The number of rotatable bonds is 4. The molecule has 1 aromatic carbocycles. The van der Waals surface area contributed by atoms with Crippen LogP contribution >= 0.6 is 0 Å². The number of ether oxygens (including phenoxy) is 1. The molecule has 3 rings (SSSR count). The Kier molecular flexibility index (Phi) is 4.30. The highest BCUT2D eigenvalue weighted by Crippen LogP contribution is 2.59. The van der Waals surface area contributed by atoms with E-state index in [1.165, 1.54) is 5.56 Å². The first-order valence-electron chi connectivity index (χ1n) is 9.00. The van der Waals surface area contributed by atoms with Gasteiger partial charge in [-0.25, -0.2) is 4.79 Å². The molecular weight excluding hydrogens is 316 g/mol. The summed E-state index contributed by atoms with van der Waals surface area (Å²) in [5.74, 6) is 0.169. The molecule has 5 nitrogen and oxygen atoms in total. The summed E-state index contributed by atoms with van der Waals surface area (Å²) in [5, 5.41) is 3.00. The summed E-state index contributed by atoms with van der Waals surface area (Å²) in [7, 11) is 0. The monoisotopic (exact) mass is 344 g/mol. The van der Waals surface area contributed by atoms with E-state index >= 15 is 0 Å². The van der Waals surface area contributed by atoms with Gasteiger partial charge in [-0.3, -0.25) is 4.79 Å². The Labute approximate surface area is 149 Å². The molecule has 5 heteroatoms. The number of likely N-dealkylation sites (tertiary alicyclic amines) is 1. The van der Waals surface area contributed by atoms with Crippen LogP contribution in [0.2, 0.25) is 0 Å². The fraction of sp³-hybridized carbons (Fsp3) is 0.600. The van der Waals surface area contributed by atoms with Crippen molar-refractivity contribution in [2.45, 2.75) is 58.1 Å². The fourth-order valence-electron chi connectivity index (χ4n) is 3.81. The van der Waals surface area contributed by atoms with Gasteiger partial charge in [0.25, 0.3) is 0 Å². The molecule has 1 saturated heterocycles. The molecule has 0 aromatic heterocycles. The smallest absolute Gasteiger partial charge is 0.408 e. The number of carbonyl (C=O) groups excluding carboxylic acids is 2. The highest BCUT2D eigenvalue weighted by molar-refractivity contribution is 5.91. The van der Waals surface area contributed by atoms with Crippen molar-refractivity contribution in [1.82, 2.24) is 10.2 Å². The molecule has 2 fully saturated rings. The Hall–Kier alpha value is -2.04. The minimum atomic E-state index is -0.566. The van der Waals surface area contributed by atoms with Gasteiger partial charge in [-0.05, 0) is 52.5 Å². The van der Waals surface area contributed by atoms with Crippen LogP contribution in [-0.2, 0) is 16.0 Å². The van der Waals surface area contributed by atoms with Gasteiger partial charge in [0.15, 0.2) is 0 Å². The van der Waals surface area contributed by atoms with Crippen LogP contribution < -0.4 is 5.32 Å². The third-order valence-corrected chi connectivity index (χ3v) is 5.30. The van der Waals surface area contributed by atoms with Crippen molar-refractivity contribution >= 4 is 12.0 Å². The molecule has 1 saturated carbocycles. The molecule has 25 heavy (non-hydrogen) atoms. The molecule has 2 amide bonds. The van der Waals surface area contributed by atoms with Gasteiger partial charge in [0.2, 0.25) is 5.91 Å². The molecule has 0 radical (unpaired) electrons. The largest absolute Gasteiger partial charge is 0.444 e. The second kappa shape index (κ2) is 6.04. The SMILES string of the molecule is CC(C)(C)OC(=O)NC1(C)CN(CCc2ccccc2)C(=O)C12CC2. The van der Waals surface area contributed by atoms with E-state index in [2.05, 4.69) is 17.4 Å². The minimum Gasteiger partial charge on any atom is -0.444 e. The Morgan fingerprint density at radius 2 is 1.88 bits per heavy atom. The topological polar surface area (TPSA) is 58.6 Å². The lowest BCUT2D eigenvalue weighted by Gasteiger charge is -2.32. The molecule has 1 heterocycles. The number of benzene rings is 1. The average molecular weight is 344 g/mol. The highest BCUT2D eigenvalue weighted by atomic mass is 16.6. The zero-order valence-corrected chi connectivity index (χ0v) is 15.6. The summed E-state index contributed by atoms with van der Waals surface area (Å²) in [6.07, 6.45) is 2.05. The Morgan fingerprint density at radius 3 is 2.44 bits per heavy atom. The quantitative estimate of drug-likeness (QED) is 0.913. The zero-order valence-electron chi connectivity index (χ0n) is 15.6.